The highest BCUT2D eigenvalue weighted by molar-refractivity contribution is 5.97. The quantitative estimate of drug-likeness (QED) is 0.890. The van der Waals surface area contributed by atoms with Crippen molar-refractivity contribution in [1.82, 2.24) is 5.32 Å². The maximum Gasteiger partial charge on any atom is 0.166 e. The fraction of sp³-hybridized carbons (Fsp3) is 0.357. The lowest BCUT2D eigenvalue weighted by atomic mass is 10.2. The summed E-state index contributed by atoms with van der Waals surface area (Å²) >= 11 is 0. The van der Waals surface area contributed by atoms with E-state index in [0.29, 0.717) is 0 Å². The predicted octanol–water partition coefficient (Wildman–Crippen LogP) is 2.37. The molecule has 4 nitrogen and oxygen atoms in total. The van der Waals surface area contributed by atoms with Gasteiger partial charge in [0.25, 0.3) is 0 Å². The normalized spacial score (nSPS) is 15.6. The van der Waals surface area contributed by atoms with E-state index >= 15 is 0 Å². The van der Waals surface area contributed by atoms with Crippen LogP contribution in [0.3, 0.4) is 0 Å². The fourth-order valence-corrected chi connectivity index (χ4v) is 1.80. The number of ether oxygens (including phenoxy) is 2. The molecular weight excluding hydrogens is 228 g/mol. The summed E-state index contributed by atoms with van der Waals surface area (Å²) in [5.74, 6) is 2.40. The van der Waals surface area contributed by atoms with Crippen molar-refractivity contribution in [3.63, 3.8) is 0 Å². The highest BCUT2D eigenvalue weighted by Crippen LogP contribution is 2.21. The van der Waals surface area contributed by atoms with Crippen LogP contribution in [0, 0.1) is 0 Å². The standard InChI is InChI=1S/C14H18N2O2/c1-10-14(11(2)16-9-8-15-10)18-13-6-4-12(17-3)5-7-13/h4-7,15H,8-9H2,1-3H3. The third-order valence-corrected chi connectivity index (χ3v) is 2.80. The summed E-state index contributed by atoms with van der Waals surface area (Å²) in [6.45, 7) is 5.59. The second-order valence-corrected chi connectivity index (χ2v) is 4.13. The van der Waals surface area contributed by atoms with Crippen LogP contribution in [0.1, 0.15) is 13.8 Å². The molecule has 0 fully saturated rings. The van der Waals surface area contributed by atoms with Crippen molar-refractivity contribution in [2.45, 2.75) is 13.8 Å². The van der Waals surface area contributed by atoms with Gasteiger partial charge in [0, 0.05) is 6.54 Å². The molecule has 18 heavy (non-hydrogen) atoms. The van der Waals surface area contributed by atoms with E-state index in [1.165, 1.54) is 0 Å². The van der Waals surface area contributed by atoms with Gasteiger partial charge in [-0.05, 0) is 38.1 Å². The van der Waals surface area contributed by atoms with E-state index < -0.39 is 0 Å². The van der Waals surface area contributed by atoms with Gasteiger partial charge >= 0.3 is 0 Å². The molecule has 0 unspecified atom stereocenters. The van der Waals surface area contributed by atoms with E-state index in [2.05, 4.69) is 10.3 Å². The number of methoxy groups -OCH3 is 1. The average molecular weight is 246 g/mol. The number of nitrogens with one attached hydrogen (secondary N) is 1. The van der Waals surface area contributed by atoms with Crippen molar-refractivity contribution in [3.05, 3.63) is 35.7 Å². The molecule has 0 radical (unpaired) electrons. The Bertz CT molecular complexity index is 475. The van der Waals surface area contributed by atoms with Gasteiger partial charge in [-0.3, -0.25) is 4.99 Å². The lowest BCUT2D eigenvalue weighted by Gasteiger charge is -2.12. The lowest BCUT2D eigenvalue weighted by molar-refractivity contribution is 0.410. The van der Waals surface area contributed by atoms with Crippen LogP contribution in [0.4, 0.5) is 0 Å². The highest BCUT2D eigenvalue weighted by atomic mass is 16.5. The summed E-state index contributed by atoms with van der Waals surface area (Å²) in [6.07, 6.45) is 0. The van der Waals surface area contributed by atoms with Gasteiger partial charge in [-0.1, -0.05) is 0 Å². The Morgan fingerprint density at radius 1 is 1.11 bits per heavy atom. The first kappa shape index (κ1) is 12.5. The van der Waals surface area contributed by atoms with E-state index in [-0.39, 0.29) is 0 Å². The molecule has 0 atom stereocenters. The molecule has 1 heterocycles. The Hall–Kier alpha value is -1.97. The van der Waals surface area contributed by atoms with Crippen LogP contribution in [0.15, 0.2) is 40.7 Å². The summed E-state index contributed by atoms with van der Waals surface area (Å²) < 4.78 is 11.0. The minimum atomic E-state index is 0.776. The van der Waals surface area contributed by atoms with Gasteiger partial charge in [-0.25, -0.2) is 0 Å². The molecule has 2 rings (SSSR count). The van der Waals surface area contributed by atoms with E-state index in [0.717, 1.165) is 41.8 Å². The Morgan fingerprint density at radius 2 is 1.78 bits per heavy atom. The van der Waals surface area contributed by atoms with Crippen LogP contribution < -0.4 is 14.8 Å². The highest BCUT2D eigenvalue weighted by Gasteiger charge is 2.12. The zero-order valence-electron chi connectivity index (χ0n) is 11.0. The maximum atomic E-state index is 5.89. The Kier molecular flexibility index (Phi) is 3.87. The maximum absolute atomic E-state index is 5.89. The number of hydrogen-bond donors (Lipinski definition) is 1. The average Bonchev–Trinajstić information content (AvgIpc) is 2.55. The van der Waals surface area contributed by atoms with Crippen LogP contribution in [0.5, 0.6) is 11.5 Å². The van der Waals surface area contributed by atoms with Gasteiger partial charge in [0.15, 0.2) is 5.76 Å². The van der Waals surface area contributed by atoms with Crippen molar-refractivity contribution in [2.75, 3.05) is 20.2 Å². The van der Waals surface area contributed by atoms with Crippen molar-refractivity contribution < 1.29 is 9.47 Å². The summed E-state index contributed by atoms with van der Waals surface area (Å²) in [6, 6.07) is 7.53. The molecule has 1 aliphatic heterocycles. The molecule has 0 saturated heterocycles. The van der Waals surface area contributed by atoms with Gasteiger partial charge in [0.1, 0.15) is 11.5 Å². The molecule has 96 valence electrons. The first-order chi connectivity index (χ1) is 8.70. The summed E-state index contributed by atoms with van der Waals surface area (Å²) in [5, 5.41) is 3.28. The zero-order valence-corrected chi connectivity index (χ0v) is 11.0. The predicted molar refractivity (Wildman–Crippen MR) is 72.3 cm³/mol. The van der Waals surface area contributed by atoms with Crippen LogP contribution in [-0.4, -0.2) is 25.9 Å². The molecule has 0 bridgehead atoms. The molecule has 0 amide bonds. The third kappa shape index (κ3) is 2.83. The number of allylic oxidation sites excluding steroid dienone is 2. The van der Waals surface area contributed by atoms with E-state index in [1.807, 2.05) is 38.1 Å². The molecule has 0 saturated carbocycles. The number of aliphatic imine (C=N–C) groups is 1. The van der Waals surface area contributed by atoms with Crippen LogP contribution in [0.25, 0.3) is 0 Å². The van der Waals surface area contributed by atoms with Gasteiger partial charge in [0.05, 0.1) is 25.1 Å². The second-order valence-electron chi connectivity index (χ2n) is 4.13. The molecule has 0 aromatic heterocycles. The molecule has 1 aromatic carbocycles. The number of benzene rings is 1. The topological polar surface area (TPSA) is 42.9 Å². The van der Waals surface area contributed by atoms with Crippen LogP contribution in [-0.2, 0) is 0 Å². The fourth-order valence-electron chi connectivity index (χ4n) is 1.80. The number of hydrogen-bond acceptors (Lipinski definition) is 4. The molecule has 1 aliphatic rings. The zero-order chi connectivity index (χ0) is 13.0. The van der Waals surface area contributed by atoms with Crippen LogP contribution >= 0.6 is 0 Å². The van der Waals surface area contributed by atoms with Crippen molar-refractivity contribution in [1.29, 1.82) is 0 Å². The van der Waals surface area contributed by atoms with Gasteiger partial charge in [-0.2, -0.15) is 0 Å². The molecule has 0 spiro atoms. The van der Waals surface area contributed by atoms with Gasteiger partial charge in [0.2, 0.25) is 0 Å². The van der Waals surface area contributed by atoms with E-state index in [4.69, 9.17) is 9.47 Å². The largest absolute Gasteiger partial charge is 0.497 e. The minimum absolute atomic E-state index is 0.776. The lowest BCUT2D eigenvalue weighted by Crippen LogP contribution is -2.17. The van der Waals surface area contributed by atoms with Crippen molar-refractivity contribution in [2.24, 2.45) is 4.99 Å². The molecule has 1 N–H and O–H groups in total. The first-order valence-corrected chi connectivity index (χ1v) is 5.99. The monoisotopic (exact) mass is 246 g/mol. The molecule has 0 aliphatic carbocycles. The number of nitrogens with zero attached hydrogens (tertiary/aromatic N) is 1. The Labute approximate surface area is 107 Å². The SMILES string of the molecule is COc1ccc(OC2=C(C)NCCN=C2C)cc1. The smallest absolute Gasteiger partial charge is 0.166 e. The van der Waals surface area contributed by atoms with E-state index in [9.17, 15) is 0 Å². The van der Waals surface area contributed by atoms with Gasteiger partial charge < -0.3 is 14.8 Å². The molecule has 4 heteroatoms. The van der Waals surface area contributed by atoms with Crippen molar-refractivity contribution in [3.8, 4) is 11.5 Å². The van der Waals surface area contributed by atoms with Crippen LogP contribution in [0.2, 0.25) is 0 Å². The van der Waals surface area contributed by atoms with Crippen molar-refractivity contribution >= 4 is 5.71 Å². The minimum Gasteiger partial charge on any atom is -0.497 e. The van der Waals surface area contributed by atoms with E-state index in [1.54, 1.807) is 7.11 Å². The summed E-state index contributed by atoms with van der Waals surface area (Å²) in [4.78, 5) is 4.43. The third-order valence-electron chi connectivity index (χ3n) is 2.80. The Balaban J connectivity index is 2.20. The summed E-state index contributed by atoms with van der Waals surface area (Å²) in [5.41, 5.74) is 1.94. The first-order valence-electron chi connectivity index (χ1n) is 5.99. The van der Waals surface area contributed by atoms with Gasteiger partial charge in [-0.15, -0.1) is 0 Å². The summed E-state index contributed by atoms with van der Waals surface area (Å²) in [7, 11) is 1.65. The molecule has 1 aromatic rings. The molecular formula is C14H18N2O2. The number of rotatable bonds is 3. The Morgan fingerprint density at radius 3 is 2.44 bits per heavy atom. The second kappa shape index (κ2) is 5.58.